The average Bonchev–Trinajstić information content (AvgIpc) is 2.44. The Balaban J connectivity index is 0.000000354. The molecule has 0 atom stereocenters. The first-order valence-electron chi connectivity index (χ1n) is 6.78. The number of aryl methyl sites for hydroxylation is 2. The molecule has 0 spiro atoms. The normalized spacial score (nSPS) is 9.81. The highest BCUT2D eigenvalue weighted by Crippen LogP contribution is 2.12. The maximum Gasteiger partial charge on any atom is 0.175 e. The summed E-state index contributed by atoms with van der Waals surface area (Å²) in [6, 6.07) is 14.6. The second kappa shape index (κ2) is 9.59. The molecule has 0 unspecified atom stereocenters. The molecule has 0 heterocycles. The van der Waals surface area contributed by atoms with E-state index in [9.17, 15) is 8.42 Å². The van der Waals surface area contributed by atoms with Crippen LogP contribution < -0.4 is 0 Å². The summed E-state index contributed by atoms with van der Waals surface area (Å²) >= 11 is 5.71. The Morgan fingerprint density at radius 2 is 1.33 bits per heavy atom. The van der Waals surface area contributed by atoms with Gasteiger partial charge in [0.05, 0.1) is 4.90 Å². The lowest BCUT2D eigenvalue weighted by atomic mass is 10.2. The van der Waals surface area contributed by atoms with Crippen LogP contribution in [0.4, 0.5) is 0 Å². The number of halogens is 1. The molecule has 2 nitrogen and oxygen atoms in total. The largest absolute Gasteiger partial charge is 0.224 e. The Morgan fingerprint density at radius 3 is 1.67 bits per heavy atom. The lowest BCUT2D eigenvalue weighted by Gasteiger charge is -1.96. The fourth-order valence-corrected chi connectivity index (χ4v) is 2.10. The highest BCUT2D eigenvalue weighted by Gasteiger charge is 2.04. The second-order valence-electron chi connectivity index (χ2n) is 4.33. The van der Waals surface area contributed by atoms with Crippen molar-refractivity contribution in [3.63, 3.8) is 0 Å². The van der Waals surface area contributed by atoms with Gasteiger partial charge in [0.15, 0.2) is 9.84 Å². The first-order valence-corrected chi connectivity index (χ1v) is 9.05. The molecular weight excluding hydrogens is 304 g/mol. The number of hydrogen-bond acceptors (Lipinski definition) is 2. The quantitative estimate of drug-likeness (QED) is 0.733. The van der Waals surface area contributed by atoms with Crippen LogP contribution in [-0.4, -0.2) is 14.7 Å². The van der Waals surface area contributed by atoms with Crippen molar-refractivity contribution in [3.05, 3.63) is 64.7 Å². The molecule has 116 valence electrons. The van der Waals surface area contributed by atoms with Crippen LogP contribution in [0.3, 0.4) is 0 Å². The van der Waals surface area contributed by atoms with Gasteiger partial charge in [0.1, 0.15) is 0 Å². The smallest absolute Gasteiger partial charge is 0.175 e. The molecule has 0 aliphatic carbocycles. The Hall–Kier alpha value is -1.32. The molecule has 0 aromatic heterocycles. The predicted molar refractivity (Wildman–Crippen MR) is 91.8 cm³/mol. The molecule has 0 fully saturated rings. The maximum absolute atomic E-state index is 10.9. The van der Waals surface area contributed by atoms with Crippen LogP contribution in [0, 0.1) is 13.8 Å². The van der Waals surface area contributed by atoms with Crippen LogP contribution in [0.1, 0.15) is 25.0 Å². The minimum atomic E-state index is -3.02. The van der Waals surface area contributed by atoms with Gasteiger partial charge in [-0.15, -0.1) is 0 Å². The minimum absolute atomic E-state index is 0.378. The molecule has 0 radical (unpaired) electrons. The molecule has 0 aliphatic heterocycles. The van der Waals surface area contributed by atoms with E-state index in [0.29, 0.717) is 4.90 Å². The van der Waals surface area contributed by atoms with Crippen LogP contribution in [0.5, 0.6) is 0 Å². The van der Waals surface area contributed by atoms with E-state index in [1.165, 1.54) is 6.26 Å². The van der Waals surface area contributed by atoms with Gasteiger partial charge in [-0.3, -0.25) is 0 Å². The summed E-state index contributed by atoms with van der Waals surface area (Å²) < 4.78 is 21.9. The number of benzene rings is 2. The first-order chi connectivity index (χ1) is 9.80. The van der Waals surface area contributed by atoms with Gasteiger partial charge in [-0.1, -0.05) is 61.3 Å². The van der Waals surface area contributed by atoms with Crippen LogP contribution >= 0.6 is 11.6 Å². The van der Waals surface area contributed by atoms with Gasteiger partial charge in [-0.2, -0.15) is 0 Å². The molecule has 2 rings (SSSR count). The van der Waals surface area contributed by atoms with E-state index in [4.69, 9.17) is 11.6 Å². The van der Waals surface area contributed by atoms with Gasteiger partial charge in [-0.25, -0.2) is 8.42 Å². The van der Waals surface area contributed by atoms with Crippen molar-refractivity contribution in [3.8, 4) is 0 Å². The van der Waals surface area contributed by atoms with Crippen molar-refractivity contribution in [2.24, 2.45) is 0 Å². The summed E-state index contributed by atoms with van der Waals surface area (Å²) in [6.45, 7) is 7.91. The third kappa shape index (κ3) is 7.88. The van der Waals surface area contributed by atoms with E-state index in [2.05, 4.69) is 0 Å². The molecule has 0 aliphatic rings. The van der Waals surface area contributed by atoms with Gasteiger partial charge < -0.3 is 0 Å². The van der Waals surface area contributed by atoms with E-state index < -0.39 is 9.84 Å². The van der Waals surface area contributed by atoms with E-state index in [1.54, 1.807) is 24.3 Å². The van der Waals surface area contributed by atoms with Gasteiger partial charge >= 0.3 is 0 Å². The van der Waals surface area contributed by atoms with Crippen LogP contribution in [0.25, 0.3) is 0 Å². The Morgan fingerprint density at radius 1 is 0.857 bits per heavy atom. The summed E-state index contributed by atoms with van der Waals surface area (Å²) in [5, 5.41) is 0.840. The fraction of sp³-hybridized carbons (Fsp3) is 0.294. The predicted octanol–water partition coefficient (Wildman–Crippen LogP) is 5.07. The summed E-state index contributed by atoms with van der Waals surface area (Å²) in [7, 11) is -3.02. The number of sulfone groups is 1. The average molecular weight is 327 g/mol. The molecule has 0 saturated heterocycles. The van der Waals surface area contributed by atoms with Crippen molar-refractivity contribution < 1.29 is 8.42 Å². The van der Waals surface area contributed by atoms with E-state index in [-0.39, 0.29) is 0 Å². The van der Waals surface area contributed by atoms with Crippen LogP contribution in [0.2, 0.25) is 5.02 Å². The van der Waals surface area contributed by atoms with Gasteiger partial charge in [0, 0.05) is 11.3 Å². The first kappa shape index (κ1) is 19.7. The monoisotopic (exact) mass is 326 g/mol. The molecule has 0 N–H and O–H groups in total. The summed E-state index contributed by atoms with van der Waals surface area (Å²) in [5.74, 6) is 0. The molecule has 0 saturated carbocycles. The minimum Gasteiger partial charge on any atom is -0.224 e. The standard InChI is InChI=1S/C8H10O2S.C7H7Cl.C2H6/c1-7-3-5-8(6-4-7)11(2,9)10;1-6-4-2-3-5-7(6)8;1-2/h3-6H,1-2H3;2-5H,1H3;1-2H3. The summed E-state index contributed by atoms with van der Waals surface area (Å²) in [5.41, 5.74) is 2.20. The molecule has 2 aromatic carbocycles. The molecule has 2 aromatic rings. The van der Waals surface area contributed by atoms with E-state index in [1.807, 2.05) is 52.0 Å². The zero-order valence-electron chi connectivity index (χ0n) is 13.2. The van der Waals surface area contributed by atoms with Gasteiger partial charge in [0.25, 0.3) is 0 Å². The SMILES string of the molecule is CC.Cc1ccc(S(C)(=O)=O)cc1.Cc1ccccc1Cl. The van der Waals surface area contributed by atoms with Crippen LogP contribution in [0.15, 0.2) is 53.4 Å². The second-order valence-corrected chi connectivity index (χ2v) is 6.76. The highest BCUT2D eigenvalue weighted by atomic mass is 35.5. The molecule has 0 amide bonds. The number of hydrogen-bond donors (Lipinski definition) is 0. The van der Waals surface area contributed by atoms with Crippen molar-refractivity contribution in [1.29, 1.82) is 0 Å². The van der Waals surface area contributed by atoms with E-state index in [0.717, 1.165) is 16.1 Å². The number of rotatable bonds is 1. The van der Waals surface area contributed by atoms with Crippen LogP contribution in [-0.2, 0) is 9.84 Å². The van der Waals surface area contributed by atoms with E-state index >= 15 is 0 Å². The Bertz CT molecular complexity index is 611. The maximum atomic E-state index is 10.9. The van der Waals surface area contributed by atoms with Gasteiger partial charge in [-0.05, 0) is 37.6 Å². The summed E-state index contributed by atoms with van der Waals surface area (Å²) in [4.78, 5) is 0.378. The third-order valence-corrected chi connectivity index (χ3v) is 4.08. The highest BCUT2D eigenvalue weighted by molar-refractivity contribution is 7.90. The van der Waals surface area contributed by atoms with Crippen molar-refractivity contribution in [2.45, 2.75) is 32.6 Å². The fourth-order valence-electron chi connectivity index (χ4n) is 1.34. The summed E-state index contributed by atoms with van der Waals surface area (Å²) in [6.07, 6.45) is 1.21. The lowest BCUT2D eigenvalue weighted by molar-refractivity contribution is 0.602. The van der Waals surface area contributed by atoms with Crippen molar-refractivity contribution in [2.75, 3.05) is 6.26 Å². The molecular formula is C17H23ClO2S. The third-order valence-electron chi connectivity index (χ3n) is 2.53. The molecule has 4 heteroatoms. The van der Waals surface area contributed by atoms with Gasteiger partial charge in [0.2, 0.25) is 0 Å². The molecule has 21 heavy (non-hydrogen) atoms. The molecule has 0 bridgehead atoms. The Kier molecular flexibility index (Phi) is 8.98. The Labute approximate surface area is 133 Å². The van der Waals surface area contributed by atoms with Crippen molar-refractivity contribution >= 4 is 21.4 Å². The lowest BCUT2D eigenvalue weighted by Crippen LogP contribution is -1.95. The topological polar surface area (TPSA) is 34.1 Å². The zero-order chi connectivity index (χ0) is 16.5. The van der Waals surface area contributed by atoms with Crippen molar-refractivity contribution in [1.82, 2.24) is 0 Å². The zero-order valence-corrected chi connectivity index (χ0v) is 14.8.